The molecule has 1 atom stereocenters. The van der Waals surface area contributed by atoms with Gasteiger partial charge >= 0.3 is 0 Å². The quantitative estimate of drug-likeness (QED) is 0.863. The third kappa shape index (κ3) is 2.55. The van der Waals surface area contributed by atoms with Crippen LogP contribution >= 0.6 is 0 Å². The average Bonchev–Trinajstić information content (AvgIpc) is 2.59. The van der Waals surface area contributed by atoms with Gasteiger partial charge in [0.1, 0.15) is 17.5 Å². The van der Waals surface area contributed by atoms with Crippen molar-refractivity contribution in [2.24, 2.45) is 5.73 Å². The van der Waals surface area contributed by atoms with E-state index in [1.165, 1.54) is 14.2 Å². The summed E-state index contributed by atoms with van der Waals surface area (Å²) >= 11 is 0. The number of fused-ring (bicyclic) bond motifs is 1. The highest BCUT2D eigenvalue weighted by Crippen LogP contribution is 2.45. The number of allylic oxidation sites excluding steroid dienone is 1. The summed E-state index contributed by atoms with van der Waals surface area (Å²) < 4.78 is 16.2. The Labute approximate surface area is 143 Å². The summed E-state index contributed by atoms with van der Waals surface area (Å²) in [4.78, 5) is 19.4. The minimum atomic E-state index is -0.782. The Kier molecular flexibility index (Phi) is 4.07. The zero-order valence-corrected chi connectivity index (χ0v) is 13.9. The Morgan fingerprint density at radius 3 is 2.76 bits per heavy atom. The molecule has 0 bridgehead atoms. The third-order valence-corrected chi connectivity index (χ3v) is 3.95. The van der Waals surface area contributed by atoms with Crippen LogP contribution in [0.1, 0.15) is 22.9 Å². The molecule has 0 amide bonds. The largest absolute Gasteiger partial charge is 0.493 e. The number of nitrogens with two attached hydrogens (primary N) is 1. The Bertz CT molecular complexity index is 972. The molecule has 0 radical (unpaired) electrons. The van der Waals surface area contributed by atoms with Crippen LogP contribution in [0.5, 0.6) is 17.4 Å². The van der Waals surface area contributed by atoms with Crippen molar-refractivity contribution in [2.45, 2.75) is 12.8 Å². The molecule has 1 aromatic heterocycles. The standard InChI is InChI=1S/C17H16N4O4/c1-8-20-16(22)13-12(10(7-18)15(19)25-17(13)21-8)9-5-4-6-11(23-2)14(9)24-3/h4-6,12H,19H2,1-3H3,(H,20,21,22)/t12-/m0/s1. The van der Waals surface area contributed by atoms with Crippen molar-refractivity contribution in [1.82, 2.24) is 9.97 Å². The van der Waals surface area contributed by atoms with E-state index in [4.69, 9.17) is 19.9 Å². The monoisotopic (exact) mass is 340 g/mol. The van der Waals surface area contributed by atoms with Crippen LogP contribution in [-0.2, 0) is 0 Å². The molecule has 25 heavy (non-hydrogen) atoms. The van der Waals surface area contributed by atoms with Crippen molar-refractivity contribution in [3.8, 4) is 23.4 Å². The minimum absolute atomic E-state index is 0.0765. The van der Waals surface area contributed by atoms with Crippen LogP contribution < -0.4 is 25.5 Å². The Hall–Kier alpha value is -3.47. The SMILES string of the molecule is COc1cccc([C@H]2C(C#N)=C(N)Oc3nc(C)[nH]c(=O)c32)c1OC. The molecular weight excluding hydrogens is 324 g/mol. The minimum Gasteiger partial charge on any atom is -0.493 e. The maximum atomic E-state index is 12.6. The van der Waals surface area contributed by atoms with E-state index in [0.29, 0.717) is 22.9 Å². The van der Waals surface area contributed by atoms with E-state index in [0.717, 1.165) is 0 Å². The van der Waals surface area contributed by atoms with Crippen molar-refractivity contribution in [1.29, 1.82) is 5.26 Å². The number of methoxy groups -OCH3 is 2. The van der Waals surface area contributed by atoms with E-state index in [9.17, 15) is 10.1 Å². The number of aromatic nitrogens is 2. The van der Waals surface area contributed by atoms with Crippen molar-refractivity contribution in [3.63, 3.8) is 0 Å². The van der Waals surface area contributed by atoms with Crippen molar-refractivity contribution < 1.29 is 14.2 Å². The van der Waals surface area contributed by atoms with Crippen LogP contribution in [-0.4, -0.2) is 24.2 Å². The van der Waals surface area contributed by atoms with E-state index in [1.54, 1.807) is 25.1 Å². The maximum Gasteiger partial charge on any atom is 0.258 e. The van der Waals surface area contributed by atoms with E-state index < -0.39 is 11.5 Å². The molecule has 8 heteroatoms. The fourth-order valence-electron chi connectivity index (χ4n) is 2.92. The van der Waals surface area contributed by atoms with Crippen LogP contribution in [0.25, 0.3) is 0 Å². The van der Waals surface area contributed by atoms with Gasteiger partial charge < -0.3 is 24.9 Å². The van der Waals surface area contributed by atoms with Crippen LogP contribution in [0.2, 0.25) is 0 Å². The molecule has 3 rings (SSSR count). The molecule has 0 aliphatic carbocycles. The summed E-state index contributed by atoms with van der Waals surface area (Å²) in [7, 11) is 2.99. The van der Waals surface area contributed by atoms with Gasteiger partial charge in [-0.1, -0.05) is 12.1 Å². The van der Waals surface area contributed by atoms with Gasteiger partial charge in [-0.05, 0) is 13.0 Å². The van der Waals surface area contributed by atoms with Gasteiger partial charge in [0.2, 0.25) is 11.8 Å². The second-order valence-electron chi connectivity index (χ2n) is 5.38. The fraction of sp³-hybridized carbons (Fsp3) is 0.235. The second-order valence-corrected chi connectivity index (χ2v) is 5.38. The van der Waals surface area contributed by atoms with Crippen LogP contribution in [0.4, 0.5) is 0 Å². The fourth-order valence-corrected chi connectivity index (χ4v) is 2.92. The molecule has 1 aliphatic rings. The van der Waals surface area contributed by atoms with Gasteiger partial charge in [0.05, 0.1) is 25.7 Å². The Balaban J connectivity index is 2.36. The zero-order valence-electron chi connectivity index (χ0n) is 13.9. The van der Waals surface area contributed by atoms with E-state index in [-0.39, 0.29) is 22.9 Å². The predicted octanol–water partition coefficient (Wildman–Crippen LogP) is 1.31. The lowest BCUT2D eigenvalue weighted by Crippen LogP contribution is -2.29. The molecule has 128 valence electrons. The van der Waals surface area contributed by atoms with Gasteiger partial charge in [-0.3, -0.25) is 4.79 Å². The van der Waals surface area contributed by atoms with Crippen LogP contribution in [0.3, 0.4) is 0 Å². The first-order valence-electron chi connectivity index (χ1n) is 7.41. The summed E-state index contributed by atoms with van der Waals surface area (Å²) in [5.74, 6) is 0.461. The number of para-hydroxylation sites is 1. The lowest BCUT2D eigenvalue weighted by molar-refractivity contribution is 0.347. The van der Waals surface area contributed by atoms with Gasteiger partial charge in [-0.2, -0.15) is 10.2 Å². The van der Waals surface area contributed by atoms with Crippen molar-refractivity contribution in [2.75, 3.05) is 14.2 Å². The Morgan fingerprint density at radius 2 is 2.12 bits per heavy atom. The maximum absolute atomic E-state index is 12.6. The van der Waals surface area contributed by atoms with E-state index >= 15 is 0 Å². The van der Waals surface area contributed by atoms with Crippen LogP contribution in [0, 0.1) is 18.3 Å². The molecule has 2 aromatic rings. The lowest BCUT2D eigenvalue weighted by atomic mass is 9.84. The molecular formula is C17H16N4O4. The first kappa shape index (κ1) is 16.4. The normalized spacial score (nSPS) is 15.8. The number of hydrogen-bond donors (Lipinski definition) is 2. The van der Waals surface area contributed by atoms with Gasteiger partial charge in [-0.25, -0.2) is 0 Å². The molecule has 8 nitrogen and oxygen atoms in total. The first-order valence-corrected chi connectivity index (χ1v) is 7.41. The highest BCUT2D eigenvalue weighted by molar-refractivity contribution is 5.59. The number of nitrogens with one attached hydrogen (secondary N) is 1. The number of hydrogen-bond acceptors (Lipinski definition) is 7. The number of aryl methyl sites for hydroxylation is 1. The summed E-state index contributed by atoms with van der Waals surface area (Å²) in [6.07, 6.45) is 0. The molecule has 2 heterocycles. The molecule has 1 aliphatic heterocycles. The number of benzene rings is 1. The number of nitriles is 1. The van der Waals surface area contributed by atoms with E-state index in [2.05, 4.69) is 9.97 Å². The van der Waals surface area contributed by atoms with Gasteiger partial charge in [0.25, 0.3) is 5.56 Å². The molecule has 3 N–H and O–H groups in total. The smallest absolute Gasteiger partial charge is 0.258 e. The molecule has 0 saturated heterocycles. The molecule has 1 aromatic carbocycles. The zero-order chi connectivity index (χ0) is 18.1. The number of H-pyrrole nitrogens is 1. The molecule has 0 spiro atoms. The third-order valence-electron chi connectivity index (χ3n) is 3.95. The predicted molar refractivity (Wildman–Crippen MR) is 88.4 cm³/mol. The van der Waals surface area contributed by atoms with Gasteiger partial charge in [-0.15, -0.1) is 0 Å². The number of ether oxygens (including phenoxy) is 3. The van der Waals surface area contributed by atoms with Gasteiger partial charge in [0, 0.05) is 5.56 Å². The Morgan fingerprint density at radius 1 is 1.36 bits per heavy atom. The topological polar surface area (TPSA) is 123 Å². The number of nitrogens with zero attached hydrogens (tertiary/aromatic N) is 2. The van der Waals surface area contributed by atoms with Crippen molar-refractivity contribution >= 4 is 0 Å². The highest BCUT2D eigenvalue weighted by atomic mass is 16.5. The van der Waals surface area contributed by atoms with E-state index in [1.807, 2.05) is 6.07 Å². The average molecular weight is 340 g/mol. The van der Waals surface area contributed by atoms with Crippen LogP contribution in [0.15, 0.2) is 34.4 Å². The number of aromatic amines is 1. The molecule has 0 unspecified atom stereocenters. The summed E-state index contributed by atoms with van der Waals surface area (Å²) in [6.45, 7) is 1.63. The van der Waals surface area contributed by atoms with Crippen molar-refractivity contribution in [3.05, 3.63) is 57.0 Å². The summed E-state index contributed by atoms with van der Waals surface area (Å²) in [5.41, 5.74) is 6.36. The lowest BCUT2D eigenvalue weighted by Gasteiger charge is -2.26. The molecule has 0 saturated carbocycles. The highest BCUT2D eigenvalue weighted by Gasteiger charge is 2.36. The first-order chi connectivity index (χ1) is 12.0. The second kappa shape index (κ2) is 6.20. The molecule has 0 fully saturated rings. The summed E-state index contributed by atoms with van der Waals surface area (Å²) in [5, 5.41) is 9.58. The number of rotatable bonds is 3. The summed E-state index contributed by atoms with van der Waals surface area (Å²) in [6, 6.07) is 7.23. The van der Waals surface area contributed by atoms with Gasteiger partial charge in [0.15, 0.2) is 11.5 Å².